The molecule has 3 aliphatic carbocycles. The van der Waals surface area contributed by atoms with Crippen molar-refractivity contribution < 1.29 is 9.21 Å². The summed E-state index contributed by atoms with van der Waals surface area (Å²) >= 11 is 0. The fourth-order valence-corrected chi connectivity index (χ4v) is 8.10. The Balaban J connectivity index is 1.38. The van der Waals surface area contributed by atoms with E-state index in [2.05, 4.69) is 37.9 Å². The number of carbonyl (C=O) groups is 1. The average Bonchev–Trinajstić information content (AvgIpc) is 3.30. The van der Waals surface area contributed by atoms with Crippen molar-refractivity contribution in [1.82, 2.24) is 4.90 Å². The molecule has 7 atom stereocenters. The number of hydrogen-bond donors (Lipinski definition) is 0. The summed E-state index contributed by atoms with van der Waals surface area (Å²) in [5.74, 6) is 4.51. The fraction of sp³-hybridized carbons (Fsp3) is 0.720. The lowest BCUT2D eigenvalue weighted by Gasteiger charge is -2.61. The zero-order valence-corrected chi connectivity index (χ0v) is 17.7. The Morgan fingerprint density at radius 3 is 2.68 bits per heavy atom. The molecule has 152 valence electrons. The summed E-state index contributed by atoms with van der Waals surface area (Å²) in [5, 5.41) is 0. The molecule has 0 bridgehead atoms. The van der Waals surface area contributed by atoms with Gasteiger partial charge in [-0.3, -0.25) is 4.79 Å². The SMILES string of the molecule is CN1C(=O)CC[C@]2(C)[C@H]3CC[C@]4(C)[C@@H](/C=C\c5ccco5)CC[C@H]4[C@@H]3CC[C@@H]12. The van der Waals surface area contributed by atoms with E-state index in [4.69, 9.17) is 4.42 Å². The molecule has 0 N–H and O–H groups in total. The van der Waals surface area contributed by atoms with Gasteiger partial charge < -0.3 is 9.32 Å². The molecule has 0 spiro atoms. The number of hydrogen-bond acceptors (Lipinski definition) is 2. The van der Waals surface area contributed by atoms with E-state index in [-0.39, 0.29) is 0 Å². The molecule has 3 nitrogen and oxygen atoms in total. The van der Waals surface area contributed by atoms with Crippen LogP contribution in [0.5, 0.6) is 0 Å². The highest BCUT2D eigenvalue weighted by Gasteiger charge is 2.60. The Bertz CT molecular complexity index is 768. The number of fused-ring (bicyclic) bond motifs is 5. The fourth-order valence-electron chi connectivity index (χ4n) is 8.10. The smallest absolute Gasteiger partial charge is 0.222 e. The number of nitrogens with zero attached hydrogens (tertiary/aromatic N) is 1. The van der Waals surface area contributed by atoms with Crippen LogP contribution in [0.15, 0.2) is 28.9 Å². The van der Waals surface area contributed by atoms with Crippen molar-refractivity contribution in [2.45, 2.75) is 71.3 Å². The summed E-state index contributed by atoms with van der Waals surface area (Å²) in [6.07, 6.45) is 16.2. The minimum atomic E-state index is 0.328. The number of likely N-dealkylation sites (tertiary alicyclic amines) is 1. The van der Waals surface area contributed by atoms with Gasteiger partial charge in [0.25, 0.3) is 0 Å². The van der Waals surface area contributed by atoms with Crippen molar-refractivity contribution in [3.8, 4) is 0 Å². The van der Waals surface area contributed by atoms with Crippen LogP contribution in [-0.2, 0) is 4.79 Å². The predicted molar refractivity (Wildman–Crippen MR) is 111 cm³/mol. The van der Waals surface area contributed by atoms with Crippen LogP contribution in [0, 0.1) is 34.5 Å². The molecular formula is C25H35NO2. The molecule has 3 heteroatoms. The molecule has 1 amide bonds. The highest BCUT2D eigenvalue weighted by Crippen LogP contribution is 2.66. The van der Waals surface area contributed by atoms with Gasteiger partial charge >= 0.3 is 0 Å². The number of furan rings is 1. The molecule has 4 fully saturated rings. The van der Waals surface area contributed by atoms with Gasteiger partial charge in [-0.1, -0.05) is 19.9 Å². The van der Waals surface area contributed by atoms with Crippen molar-refractivity contribution in [2.75, 3.05) is 7.05 Å². The monoisotopic (exact) mass is 381 g/mol. The third kappa shape index (κ3) is 2.57. The lowest BCUT2D eigenvalue weighted by atomic mass is 9.47. The van der Waals surface area contributed by atoms with Crippen LogP contribution >= 0.6 is 0 Å². The topological polar surface area (TPSA) is 33.5 Å². The molecular weight excluding hydrogens is 346 g/mol. The predicted octanol–water partition coefficient (Wildman–Crippen LogP) is 5.77. The maximum absolute atomic E-state index is 12.3. The van der Waals surface area contributed by atoms with Gasteiger partial charge in [-0.25, -0.2) is 0 Å². The van der Waals surface area contributed by atoms with E-state index in [1.165, 1.54) is 38.5 Å². The first-order chi connectivity index (χ1) is 13.4. The maximum atomic E-state index is 12.3. The van der Waals surface area contributed by atoms with Gasteiger partial charge in [-0.15, -0.1) is 0 Å². The average molecular weight is 382 g/mol. The highest BCUT2D eigenvalue weighted by atomic mass is 16.3. The molecule has 0 unspecified atom stereocenters. The van der Waals surface area contributed by atoms with Gasteiger partial charge in [0.15, 0.2) is 0 Å². The van der Waals surface area contributed by atoms with E-state index >= 15 is 0 Å². The van der Waals surface area contributed by atoms with Crippen molar-refractivity contribution in [1.29, 1.82) is 0 Å². The van der Waals surface area contributed by atoms with Crippen molar-refractivity contribution in [3.05, 3.63) is 30.2 Å². The lowest BCUT2D eigenvalue weighted by molar-refractivity contribution is -0.157. The minimum absolute atomic E-state index is 0.328. The molecule has 1 aliphatic heterocycles. The molecule has 1 aromatic rings. The van der Waals surface area contributed by atoms with E-state index < -0.39 is 0 Å². The van der Waals surface area contributed by atoms with Crippen LogP contribution < -0.4 is 0 Å². The van der Waals surface area contributed by atoms with Gasteiger partial charge in [0, 0.05) is 19.5 Å². The first-order valence-corrected chi connectivity index (χ1v) is 11.4. The highest BCUT2D eigenvalue weighted by molar-refractivity contribution is 5.77. The second-order valence-electron chi connectivity index (χ2n) is 10.6. The molecule has 3 saturated carbocycles. The Hall–Kier alpha value is -1.51. The van der Waals surface area contributed by atoms with E-state index in [9.17, 15) is 4.79 Å². The summed E-state index contributed by atoms with van der Waals surface area (Å²) in [5.41, 5.74) is 0.763. The Morgan fingerprint density at radius 1 is 1.07 bits per heavy atom. The third-order valence-electron chi connectivity index (χ3n) is 9.67. The molecule has 0 aromatic carbocycles. The van der Waals surface area contributed by atoms with Crippen LogP contribution in [-0.4, -0.2) is 23.9 Å². The Kier molecular flexibility index (Phi) is 4.30. The second-order valence-corrected chi connectivity index (χ2v) is 10.6. The Labute approximate surface area is 169 Å². The van der Waals surface area contributed by atoms with E-state index in [0.29, 0.717) is 28.7 Å². The summed E-state index contributed by atoms with van der Waals surface area (Å²) in [6, 6.07) is 4.48. The van der Waals surface area contributed by atoms with E-state index in [1.54, 1.807) is 6.26 Å². The van der Waals surface area contributed by atoms with Crippen molar-refractivity contribution in [2.24, 2.45) is 34.5 Å². The van der Waals surface area contributed by atoms with Gasteiger partial charge in [0.1, 0.15) is 5.76 Å². The zero-order chi connectivity index (χ0) is 19.5. The maximum Gasteiger partial charge on any atom is 0.222 e. The van der Waals surface area contributed by atoms with Gasteiger partial charge in [0.05, 0.1) is 6.26 Å². The molecule has 4 aliphatic rings. The number of piperidine rings is 1. The molecule has 28 heavy (non-hydrogen) atoms. The van der Waals surface area contributed by atoms with Crippen LogP contribution in [0.3, 0.4) is 0 Å². The lowest BCUT2D eigenvalue weighted by Crippen LogP contribution is -2.61. The van der Waals surface area contributed by atoms with Crippen LogP contribution in [0.25, 0.3) is 6.08 Å². The van der Waals surface area contributed by atoms with Crippen LogP contribution in [0.2, 0.25) is 0 Å². The number of allylic oxidation sites excluding steroid dienone is 1. The summed E-state index contributed by atoms with van der Waals surface area (Å²) in [4.78, 5) is 14.4. The van der Waals surface area contributed by atoms with Crippen LogP contribution in [0.4, 0.5) is 0 Å². The second kappa shape index (κ2) is 6.50. The number of carbonyl (C=O) groups excluding carboxylic acids is 1. The van der Waals surface area contributed by atoms with Crippen LogP contribution in [0.1, 0.15) is 71.0 Å². The normalized spacial score (nSPS) is 45.8. The number of rotatable bonds is 2. The third-order valence-corrected chi connectivity index (χ3v) is 9.67. The first kappa shape index (κ1) is 18.5. The molecule has 0 radical (unpaired) electrons. The molecule has 2 heterocycles. The number of amides is 1. The molecule has 1 saturated heterocycles. The summed E-state index contributed by atoms with van der Waals surface area (Å²) < 4.78 is 5.52. The summed E-state index contributed by atoms with van der Waals surface area (Å²) in [6.45, 7) is 5.09. The van der Waals surface area contributed by atoms with Crippen molar-refractivity contribution in [3.63, 3.8) is 0 Å². The molecule has 5 rings (SSSR count). The van der Waals surface area contributed by atoms with Gasteiger partial charge in [-0.2, -0.15) is 0 Å². The minimum Gasteiger partial charge on any atom is -0.465 e. The summed E-state index contributed by atoms with van der Waals surface area (Å²) in [7, 11) is 2.06. The van der Waals surface area contributed by atoms with E-state index in [1.807, 2.05) is 12.1 Å². The standard InChI is InChI=1S/C25H35NO2/c1-24-14-12-21-19(9-11-22-25(21,2)15-13-23(27)26(22)3)20(24)10-7-17(24)6-8-18-5-4-16-28-18/h4-6,8,16-17,19-22H,7,9-15H2,1-3H3/b8-6-/t17-,19-,20-,21-,22+,24+,25+/m0/s1. The first-order valence-electron chi connectivity index (χ1n) is 11.4. The molecule has 1 aromatic heterocycles. The van der Waals surface area contributed by atoms with E-state index in [0.717, 1.165) is 36.4 Å². The Morgan fingerprint density at radius 2 is 1.89 bits per heavy atom. The largest absolute Gasteiger partial charge is 0.465 e. The van der Waals surface area contributed by atoms with Gasteiger partial charge in [-0.05, 0) is 97.7 Å². The van der Waals surface area contributed by atoms with Crippen molar-refractivity contribution >= 4 is 12.0 Å². The zero-order valence-electron chi connectivity index (χ0n) is 17.7. The van der Waals surface area contributed by atoms with Gasteiger partial charge in [0.2, 0.25) is 5.91 Å². The quantitative estimate of drug-likeness (QED) is 0.651.